The molecule has 0 radical (unpaired) electrons. The number of hydrogen-bond acceptors (Lipinski definition) is 3. The molecule has 0 amide bonds. The maximum atomic E-state index is 9.12. The van der Waals surface area contributed by atoms with Crippen LogP contribution in [0, 0.1) is 0 Å². The molecule has 0 unspecified atom stereocenters. The molecule has 54 valence electrons. The zero-order chi connectivity index (χ0) is 7.33. The predicted octanol–water partition coefficient (Wildman–Crippen LogP) is 0.00500. The van der Waals surface area contributed by atoms with Crippen molar-refractivity contribution in [2.75, 3.05) is 13.2 Å². The van der Waals surface area contributed by atoms with E-state index in [4.69, 9.17) is 5.11 Å². The number of aliphatic hydroxyl groups is 1. The Kier molecular flexibility index (Phi) is 3.42. The highest BCUT2D eigenvalue weighted by molar-refractivity contribution is 5.22. The third-order valence-electron chi connectivity index (χ3n) is 0.781. The fraction of sp³-hybridized carbons (Fsp3) is 0.833. The molecule has 0 aliphatic carbocycles. The summed E-state index contributed by atoms with van der Waals surface area (Å²) in [6.07, 6.45) is 0. The van der Waals surface area contributed by atoms with Crippen molar-refractivity contribution in [3.8, 4) is 0 Å². The van der Waals surface area contributed by atoms with E-state index in [9.17, 15) is 0 Å². The maximum Gasteiger partial charge on any atom is 0.0878 e. The van der Waals surface area contributed by atoms with E-state index < -0.39 is 5.60 Å². The molecule has 0 fully saturated rings. The molecule has 0 saturated carbocycles. The molecule has 3 nitrogen and oxygen atoms in total. The number of rotatable bonds is 4. The Hall–Kier alpha value is -0.410. The highest BCUT2D eigenvalue weighted by Crippen LogP contribution is 1.96. The molecule has 0 atom stereocenters. The van der Waals surface area contributed by atoms with Gasteiger partial charge >= 0.3 is 0 Å². The second-order valence-electron chi connectivity index (χ2n) is 2.62. The van der Waals surface area contributed by atoms with Gasteiger partial charge in [-0.15, -0.1) is 0 Å². The molecular weight excluding hydrogens is 116 g/mol. The molecule has 0 aliphatic heterocycles. The number of nitrogens with one attached hydrogen (secondary N) is 1. The van der Waals surface area contributed by atoms with Crippen molar-refractivity contribution in [2.45, 2.75) is 19.4 Å². The van der Waals surface area contributed by atoms with E-state index >= 15 is 0 Å². The minimum atomic E-state index is -0.648. The molecule has 0 saturated heterocycles. The summed E-state index contributed by atoms with van der Waals surface area (Å²) in [5.74, 6) is 0. The van der Waals surface area contributed by atoms with Gasteiger partial charge in [-0.2, -0.15) is 0 Å². The van der Waals surface area contributed by atoms with Crippen LogP contribution in [0.15, 0.2) is 4.99 Å². The Morgan fingerprint density at radius 2 is 2.22 bits per heavy atom. The Morgan fingerprint density at radius 3 is 2.56 bits per heavy atom. The summed E-state index contributed by atoms with van der Waals surface area (Å²) in [5, 5.41) is 12.0. The van der Waals surface area contributed by atoms with Gasteiger partial charge in [0.05, 0.1) is 12.3 Å². The average Bonchev–Trinajstić information content (AvgIpc) is 1.63. The van der Waals surface area contributed by atoms with Crippen molar-refractivity contribution < 1.29 is 5.11 Å². The summed E-state index contributed by atoms with van der Waals surface area (Å²) in [6.45, 7) is 7.82. The van der Waals surface area contributed by atoms with Crippen LogP contribution in [0.1, 0.15) is 13.8 Å². The van der Waals surface area contributed by atoms with Crippen LogP contribution in [-0.4, -0.2) is 30.6 Å². The van der Waals surface area contributed by atoms with Gasteiger partial charge in [-0.1, -0.05) is 0 Å². The normalized spacial score (nSPS) is 11.4. The molecule has 0 aromatic carbocycles. The van der Waals surface area contributed by atoms with E-state index in [1.165, 1.54) is 0 Å². The average molecular weight is 130 g/mol. The first-order chi connectivity index (χ1) is 4.06. The Labute approximate surface area is 55.8 Å². The largest absolute Gasteiger partial charge is 0.389 e. The summed E-state index contributed by atoms with van der Waals surface area (Å²) in [5.41, 5.74) is -0.648. The van der Waals surface area contributed by atoms with E-state index in [-0.39, 0.29) is 0 Å². The minimum absolute atomic E-state index is 0.504. The maximum absolute atomic E-state index is 9.12. The smallest absolute Gasteiger partial charge is 0.0878 e. The van der Waals surface area contributed by atoms with E-state index in [2.05, 4.69) is 17.0 Å². The van der Waals surface area contributed by atoms with Gasteiger partial charge in [0.2, 0.25) is 0 Å². The van der Waals surface area contributed by atoms with Gasteiger partial charge < -0.3 is 5.11 Å². The third kappa shape index (κ3) is 7.59. The molecule has 9 heavy (non-hydrogen) atoms. The number of nitrogens with zero attached hydrogens (tertiary/aromatic N) is 1. The van der Waals surface area contributed by atoms with Crippen LogP contribution in [0.2, 0.25) is 0 Å². The van der Waals surface area contributed by atoms with Crippen LogP contribution in [0.25, 0.3) is 0 Å². The van der Waals surface area contributed by atoms with Crippen LogP contribution < -0.4 is 5.32 Å². The van der Waals surface area contributed by atoms with Gasteiger partial charge in [-0.3, -0.25) is 10.3 Å². The van der Waals surface area contributed by atoms with Gasteiger partial charge in [-0.25, -0.2) is 0 Å². The van der Waals surface area contributed by atoms with Crippen molar-refractivity contribution in [3.05, 3.63) is 0 Å². The SMILES string of the molecule is C=NCNCC(C)(C)O. The van der Waals surface area contributed by atoms with Crippen molar-refractivity contribution in [2.24, 2.45) is 4.99 Å². The first-order valence-corrected chi connectivity index (χ1v) is 2.92. The van der Waals surface area contributed by atoms with Crippen LogP contribution in [0.5, 0.6) is 0 Å². The standard InChI is InChI=1S/C6H14N2O/c1-6(2,9)4-8-5-7-3/h8-9H,3-5H2,1-2H3. The lowest BCUT2D eigenvalue weighted by Crippen LogP contribution is -2.34. The van der Waals surface area contributed by atoms with Gasteiger partial charge in [0.15, 0.2) is 0 Å². The van der Waals surface area contributed by atoms with Gasteiger partial charge in [0.25, 0.3) is 0 Å². The lowest BCUT2D eigenvalue weighted by atomic mass is 10.1. The first-order valence-electron chi connectivity index (χ1n) is 2.92. The number of hydrogen-bond donors (Lipinski definition) is 2. The Morgan fingerprint density at radius 1 is 1.67 bits per heavy atom. The van der Waals surface area contributed by atoms with E-state index in [0.717, 1.165) is 0 Å². The molecule has 2 N–H and O–H groups in total. The zero-order valence-electron chi connectivity index (χ0n) is 6.02. The molecule has 3 heteroatoms. The van der Waals surface area contributed by atoms with Crippen LogP contribution in [0.3, 0.4) is 0 Å². The highest BCUT2D eigenvalue weighted by atomic mass is 16.3. The van der Waals surface area contributed by atoms with E-state index in [0.29, 0.717) is 13.2 Å². The molecule has 0 spiro atoms. The van der Waals surface area contributed by atoms with E-state index in [1.54, 1.807) is 13.8 Å². The van der Waals surface area contributed by atoms with Gasteiger partial charge in [0.1, 0.15) is 0 Å². The summed E-state index contributed by atoms with van der Waals surface area (Å²) in [4.78, 5) is 3.57. The van der Waals surface area contributed by atoms with E-state index in [1.807, 2.05) is 0 Å². The second kappa shape index (κ2) is 3.58. The first kappa shape index (κ1) is 8.59. The summed E-state index contributed by atoms with van der Waals surface area (Å²) in [6, 6.07) is 0. The van der Waals surface area contributed by atoms with Crippen LogP contribution in [-0.2, 0) is 0 Å². The van der Waals surface area contributed by atoms with Gasteiger partial charge in [0, 0.05) is 6.54 Å². The summed E-state index contributed by atoms with van der Waals surface area (Å²) >= 11 is 0. The predicted molar refractivity (Wildman–Crippen MR) is 38.7 cm³/mol. The zero-order valence-corrected chi connectivity index (χ0v) is 6.02. The van der Waals surface area contributed by atoms with Crippen LogP contribution in [0.4, 0.5) is 0 Å². The van der Waals surface area contributed by atoms with Gasteiger partial charge in [-0.05, 0) is 20.6 Å². The monoisotopic (exact) mass is 130 g/mol. The number of aliphatic imine (C=N–C) groups is 1. The minimum Gasteiger partial charge on any atom is -0.389 e. The van der Waals surface area contributed by atoms with Crippen molar-refractivity contribution >= 4 is 6.72 Å². The fourth-order valence-electron chi connectivity index (χ4n) is 0.441. The molecule has 0 aliphatic rings. The summed E-state index contributed by atoms with van der Waals surface area (Å²) < 4.78 is 0. The molecule has 0 aromatic rings. The quantitative estimate of drug-likeness (QED) is 0.416. The topological polar surface area (TPSA) is 44.6 Å². The highest BCUT2D eigenvalue weighted by Gasteiger charge is 2.09. The van der Waals surface area contributed by atoms with Crippen LogP contribution >= 0.6 is 0 Å². The molecule has 0 heterocycles. The summed E-state index contributed by atoms with van der Waals surface area (Å²) in [7, 11) is 0. The molecule has 0 bridgehead atoms. The lowest BCUT2D eigenvalue weighted by molar-refractivity contribution is 0.0803. The van der Waals surface area contributed by atoms with Crippen molar-refractivity contribution in [3.63, 3.8) is 0 Å². The lowest BCUT2D eigenvalue weighted by Gasteiger charge is -2.16. The Bertz CT molecular complexity index is 85.5. The fourth-order valence-corrected chi connectivity index (χ4v) is 0.441. The molecule has 0 aromatic heterocycles. The third-order valence-corrected chi connectivity index (χ3v) is 0.781. The molecular formula is C6H14N2O. The van der Waals surface area contributed by atoms with Crippen molar-refractivity contribution in [1.29, 1.82) is 0 Å². The second-order valence-corrected chi connectivity index (χ2v) is 2.62. The van der Waals surface area contributed by atoms with Crippen molar-refractivity contribution in [1.82, 2.24) is 5.32 Å². The Balaban J connectivity index is 3.17. The molecule has 0 rings (SSSR count).